The highest BCUT2D eigenvalue weighted by atomic mass is 16.5. The zero-order chi connectivity index (χ0) is 21.5. The Labute approximate surface area is 182 Å². The van der Waals surface area contributed by atoms with Crippen molar-refractivity contribution in [1.82, 2.24) is 5.16 Å². The van der Waals surface area contributed by atoms with Crippen molar-refractivity contribution in [2.75, 3.05) is 51.2 Å². The molecule has 1 saturated heterocycles. The molecular weight excluding hydrogens is 392 g/mol. The number of quaternary nitrogens is 2. The van der Waals surface area contributed by atoms with E-state index in [2.05, 4.69) is 10.5 Å². The molecule has 1 aromatic heterocycles. The first-order valence-electron chi connectivity index (χ1n) is 10.8. The molecule has 0 aliphatic carbocycles. The summed E-state index contributed by atoms with van der Waals surface area (Å²) in [4.78, 5) is 15.3. The third-order valence-electron chi connectivity index (χ3n) is 5.66. The van der Waals surface area contributed by atoms with Crippen LogP contribution in [0.1, 0.15) is 5.56 Å². The quantitative estimate of drug-likeness (QED) is 0.493. The number of aromatic nitrogens is 1. The van der Waals surface area contributed by atoms with Crippen LogP contribution in [0, 0.1) is 6.92 Å². The van der Waals surface area contributed by atoms with E-state index in [0.29, 0.717) is 19.0 Å². The molecule has 0 spiro atoms. The molecule has 2 heterocycles. The molecule has 3 aromatic rings. The first kappa shape index (κ1) is 21.1. The summed E-state index contributed by atoms with van der Waals surface area (Å²) in [5.41, 5.74) is 2.88. The highest BCUT2D eigenvalue weighted by Gasteiger charge is 2.25. The molecule has 3 N–H and O–H groups in total. The molecule has 2 aromatic carbocycles. The Balaban J connectivity index is 1.17. The van der Waals surface area contributed by atoms with Gasteiger partial charge >= 0.3 is 0 Å². The van der Waals surface area contributed by atoms with Crippen LogP contribution >= 0.6 is 0 Å². The maximum Gasteiger partial charge on any atom is 0.281 e. The van der Waals surface area contributed by atoms with E-state index in [1.165, 1.54) is 15.4 Å². The number of piperazine rings is 1. The van der Waals surface area contributed by atoms with Crippen molar-refractivity contribution in [2.24, 2.45) is 0 Å². The van der Waals surface area contributed by atoms with Gasteiger partial charge in [-0.1, -0.05) is 53.2 Å². The number of nitrogens with zero attached hydrogens (tertiary/aromatic N) is 1. The number of aryl methyl sites for hydroxylation is 1. The second-order valence-corrected chi connectivity index (χ2v) is 8.08. The zero-order valence-electron chi connectivity index (χ0n) is 17.9. The Hall–Kier alpha value is -3.16. The third-order valence-corrected chi connectivity index (χ3v) is 5.66. The van der Waals surface area contributed by atoms with Crippen molar-refractivity contribution in [3.05, 3.63) is 66.2 Å². The maximum atomic E-state index is 12.4. The Morgan fingerprint density at radius 3 is 2.48 bits per heavy atom. The monoisotopic (exact) mass is 422 g/mol. The van der Waals surface area contributed by atoms with Gasteiger partial charge in [-0.15, -0.1) is 0 Å². The molecule has 7 heteroatoms. The predicted octanol–water partition coefficient (Wildman–Crippen LogP) is 0.451. The summed E-state index contributed by atoms with van der Waals surface area (Å²) in [5.74, 6) is 1.26. The van der Waals surface area contributed by atoms with Crippen LogP contribution in [-0.2, 0) is 4.79 Å². The number of para-hydroxylation sites is 1. The highest BCUT2D eigenvalue weighted by molar-refractivity contribution is 5.90. The predicted molar refractivity (Wildman–Crippen MR) is 118 cm³/mol. The fourth-order valence-electron chi connectivity index (χ4n) is 3.82. The first-order valence-corrected chi connectivity index (χ1v) is 10.8. The number of anilines is 1. The number of ether oxygens (including phenoxy) is 1. The number of rotatable bonds is 8. The smallest absolute Gasteiger partial charge is 0.281 e. The van der Waals surface area contributed by atoms with Gasteiger partial charge < -0.3 is 19.1 Å². The minimum Gasteiger partial charge on any atom is -0.488 e. The van der Waals surface area contributed by atoms with Gasteiger partial charge in [-0.25, -0.2) is 0 Å². The molecule has 31 heavy (non-hydrogen) atoms. The average molecular weight is 423 g/mol. The summed E-state index contributed by atoms with van der Waals surface area (Å²) in [6, 6.07) is 19.7. The second-order valence-electron chi connectivity index (χ2n) is 8.08. The second kappa shape index (κ2) is 10.2. The summed E-state index contributed by atoms with van der Waals surface area (Å²) in [6.07, 6.45) is 0. The van der Waals surface area contributed by atoms with Crippen molar-refractivity contribution in [3.8, 4) is 17.0 Å². The Bertz CT molecular complexity index is 964. The molecule has 1 fully saturated rings. The van der Waals surface area contributed by atoms with E-state index >= 15 is 0 Å². The lowest BCUT2D eigenvalue weighted by Crippen LogP contribution is -3.28. The fraction of sp³-hybridized carbons (Fsp3) is 0.333. The Kier molecular flexibility index (Phi) is 6.96. The van der Waals surface area contributed by atoms with E-state index in [1.807, 2.05) is 61.5 Å². The largest absolute Gasteiger partial charge is 0.488 e. The molecule has 1 amide bonds. The van der Waals surface area contributed by atoms with Crippen LogP contribution in [0.25, 0.3) is 11.3 Å². The minimum absolute atomic E-state index is 0.0440. The van der Waals surface area contributed by atoms with Gasteiger partial charge in [0.25, 0.3) is 5.91 Å². The van der Waals surface area contributed by atoms with Gasteiger partial charge in [0.1, 0.15) is 50.8 Å². The van der Waals surface area contributed by atoms with E-state index in [1.54, 1.807) is 6.07 Å². The maximum absolute atomic E-state index is 12.4. The van der Waals surface area contributed by atoms with Crippen molar-refractivity contribution < 1.29 is 23.9 Å². The summed E-state index contributed by atoms with van der Waals surface area (Å²) in [6.45, 7) is 8.20. The molecule has 4 rings (SSSR count). The van der Waals surface area contributed by atoms with Gasteiger partial charge in [0.2, 0.25) is 5.88 Å². The average Bonchev–Trinajstić information content (AvgIpc) is 3.24. The van der Waals surface area contributed by atoms with E-state index in [9.17, 15) is 4.79 Å². The summed E-state index contributed by atoms with van der Waals surface area (Å²) in [7, 11) is 0. The summed E-state index contributed by atoms with van der Waals surface area (Å²) in [5, 5.41) is 6.90. The molecule has 162 valence electrons. The SMILES string of the molecule is Cc1ccc(-c2cc(NC(=O)C[NH+]3CC[NH+](CCOc4ccccc4)CC3)on2)cc1. The first-order chi connectivity index (χ1) is 15.2. The van der Waals surface area contributed by atoms with E-state index in [4.69, 9.17) is 9.26 Å². The topological polar surface area (TPSA) is 73.2 Å². The van der Waals surface area contributed by atoms with Gasteiger partial charge in [0.05, 0.1) is 0 Å². The fourth-order valence-corrected chi connectivity index (χ4v) is 3.82. The van der Waals surface area contributed by atoms with Crippen molar-refractivity contribution in [1.29, 1.82) is 0 Å². The van der Waals surface area contributed by atoms with Crippen LogP contribution in [-0.4, -0.2) is 56.9 Å². The summed E-state index contributed by atoms with van der Waals surface area (Å²) < 4.78 is 11.1. The van der Waals surface area contributed by atoms with Gasteiger partial charge in [0, 0.05) is 11.6 Å². The number of carbonyl (C=O) groups excluding carboxylic acids is 1. The molecule has 0 unspecified atom stereocenters. The molecular formula is C24H30N4O3+2. The van der Waals surface area contributed by atoms with Gasteiger partial charge in [-0.2, -0.15) is 0 Å². The number of hydrogen-bond acceptors (Lipinski definition) is 4. The van der Waals surface area contributed by atoms with Gasteiger partial charge in [0.15, 0.2) is 6.54 Å². The highest BCUT2D eigenvalue weighted by Crippen LogP contribution is 2.21. The van der Waals surface area contributed by atoms with Gasteiger partial charge in [-0.05, 0) is 19.1 Å². The Morgan fingerprint density at radius 1 is 1.03 bits per heavy atom. The van der Waals surface area contributed by atoms with Crippen molar-refractivity contribution in [2.45, 2.75) is 6.92 Å². The standard InChI is InChI=1S/C24H28N4O3/c1-19-7-9-20(10-8-19)22-17-24(31-26-22)25-23(29)18-28-13-11-27(12-14-28)15-16-30-21-5-3-2-4-6-21/h2-10,17H,11-16,18H2,1H3,(H,25,29)/p+2. The van der Waals surface area contributed by atoms with Crippen molar-refractivity contribution in [3.63, 3.8) is 0 Å². The molecule has 7 nitrogen and oxygen atoms in total. The zero-order valence-corrected chi connectivity index (χ0v) is 17.9. The van der Waals surface area contributed by atoms with Crippen LogP contribution in [0.2, 0.25) is 0 Å². The normalized spacial score (nSPS) is 18.5. The van der Waals surface area contributed by atoms with Crippen LogP contribution in [0.3, 0.4) is 0 Å². The number of benzene rings is 2. The molecule has 1 aliphatic rings. The van der Waals surface area contributed by atoms with Crippen LogP contribution in [0.4, 0.5) is 5.88 Å². The Morgan fingerprint density at radius 2 is 1.74 bits per heavy atom. The van der Waals surface area contributed by atoms with E-state index < -0.39 is 0 Å². The van der Waals surface area contributed by atoms with Crippen molar-refractivity contribution >= 4 is 11.8 Å². The van der Waals surface area contributed by atoms with E-state index in [0.717, 1.165) is 49.7 Å². The molecule has 0 saturated carbocycles. The number of nitrogens with one attached hydrogen (secondary N) is 3. The summed E-state index contributed by atoms with van der Waals surface area (Å²) >= 11 is 0. The lowest BCUT2D eigenvalue weighted by molar-refractivity contribution is -1.01. The molecule has 0 radical (unpaired) electrons. The lowest BCUT2D eigenvalue weighted by atomic mass is 10.1. The van der Waals surface area contributed by atoms with Gasteiger partial charge in [-0.3, -0.25) is 10.1 Å². The molecule has 0 bridgehead atoms. The van der Waals surface area contributed by atoms with E-state index in [-0.39, 0.29) is 5.91 Å². The third kappa shape index (κ3) is 6.16. The lowest BCUT2D eigenvalue weighted by Gasteiger charge is -2.29. The molecule has 0 atom stereocenters. The number of carbonyl (C=O) groups is 1. The van der Waals surface area contributed by atoms with Crippen LogP contribution < -0.4 is 19.9 Å². The molecule has 1 aliphatic heterocycles. The number of hydrogen-bond donors (Lipinski definition) is 3. The van der Waals surface area contributed by atoms with Crippen LogP contribution in [0.5, 0.6) is 5.75 Å². The number of amides is 1. The van der Waals surface area contributed by atoms with Crippen LogP contribution in [0.15, 0.2) is 65.2 Å². The minimum atomic E-state index is -0.0440.